The van der Waals surface area contributed by atoms with E-state index in [1.807, 2.05) is 13.2 Å². The Bertz CT molecular complexity index is 755. The van der Waals surface area contributed by atoms with Crippen LogP contribution >= 0.6 is 0 Å². The highest BCUT2D eigenvalue weighted by atomic mass is 15.2. The molecule has 6 heteroatoms. The van der Waals surface area contributed by atoms with E-state index in [1.165, 1.54) is 24.1 Å². The van der Waals surface area contributed by atoms with Gasteiger partial charge in [-0.3, -0.25) is 4.99 Å². The van der Waals surface area contributed by atoms with Gasteiger partial charge in [0.05, 0.1) is 0 Å². The van der Waals surface area contributed by atoms with E-state index in [9.17, 15) is 0 Å². The number of anilines is 2. The summed E-state index contributed by atoms with van der Waals surface area (Å²) in [5.41, 5.74) is 2.51. The molecule has 1 saturated heterocycles. The Labute approximate surface area is 175 Å². The van der Waals surface area contributed by atoms with Crippen LogP contribution in [0.15, 0.2) is 53.7 Å². The van der Waals surface area contributed by atoms with Crippen LogP contribution in [0.3, 0.4) is 0 Å². The molecule has 0 spiro atoms. The maximum absolute atomic E-state index is 4.53. The number of aromatic nitrogens is 1. The van der Waals surface area contributed by atoms with Crippen molar-refractivity contribution in [3.05, 3.63) is 54.2 Å². The SMILES string of the molecule is CCN(CCCNC(=NC)NCc1ccnc(N2CCCC2)c1)c1ccccc1. The molecule has 1 aliphatic rings. The normalized spacial score (nSPS) is 14.1. The summed E-state index contributed by atoms with van der Waals surface area (Å²) < 4.78 is 0. The van der Waals surface area contributed by atoms with Gasteiger partial charge in [0, 0.05) is 58.2 Å². The number of para-hydroxylation sites is 1. The molecule has 29 heavy (non-hydrogen) atoms. The second-order valence-corrected chi connectivity index (χ2v) is 7.34. The zero-order valence-electron chi connectivity index (χ0n) is 17.8. The summed E-state index contributed by atoms with van der Waals surface area (Å²) in [6.45, 7) is 8.10. The van der Waals surface area contributed by atoms with E-state index in [4.69, 9.17) is 0 Å². The van der Waals surface area contributed by atoms with E-state index >= 15 is 0 Å². The zero-order valence-corrected chi connectivity index (χ0v) is 17.8. The van der Waals surface area contributed by atoms with Gasteiger partial charge >= 0.3 is 0 Å². The average Bonchev–Trinajstić information content (AvgIpc) is 3.32. The van der Waals surface area contributed by atoms with Crippen LogP contribution in [0.2, 0.25) is 0 Å². The van der Waals surface area contributed by atoms with Gasteiger partial charge in [0.25, 0.3) is 0 Å². The van der Waals surface area contributed by atoms with Gasteiger partial charge in [0.1, 0.15) is 5.82 Å². The van der Waals surface area contributed by atoms with Crippen molar-refractivity contribution in [1.29, 1.82) is 0 Å². The Kier molecular flexibility index (Phi) is 8.16. The molecule has 0 unspecified atom stereocenters. The molecule has 2 aromatic rings. The van der Waals surface area contributed by atoms with Gasteiger partial charge in [-0.05, 0) is 56.0 Å². The molecule has 3 rings (SSSR count). The number of hydrogen-bond donors (Lipinski definition) is 2. The van der Waals surface area contributed by atoms with E-state index in [0.717, 1.165) is 57.5 Å². The fourth-order valence-electron chi connectivity index (χ4n) is 3.68. The van der Waals surface area contributed by atoms with Crippen molar-refractivity contribution in [3.8, 4) is 0 Å². The van der Waals surface area contributed by atoms with Crippen LogP contribution in [-0.4, -0.2) is 50.7 Å². The van der Waals surface area contributed by atoms with Crippen LogP contribution in [-0.2, 0) is 6.54 Å². The minimum absolute atomic E-state index is 0.744. The smallest absolute Gasteiger partial charge is 0.191 e. The number of guanidine groups is 1. The molecule has 0 amide bonds. The van der Waals surface area contributed by atoms with Gasteiger partial charge < -0.3 is 20.4 Å². The predicted octanol–water partition coefficient (Wildman–Crippen LogP) is 3.26. The minimum Gasteiger partial charge on any atom is -0.372 e. The molecule has 2 N–H and O–H groups in total. The maximum Gasteiger partial charge on any atom is 0.191 e. The van der Waals surface area contributed by atoms with Crippen molar-refractivity contribution in [2.24, 2.45) is 4.99 Å². The van der Waals surface area contributed by atoms with Crippen LogP contribution in [0, 0.1) is 0 Å². The van der Waals surface area contributed by atoms with E-state index in [1.54, 1.807) is 0 Å². The number of pyridine rings is 1. The summed E-state index contributed by atoms with van der Waals surface area (Å²) in [6.07, 6.45) is 5.49. The van der Waals surface area contributed by atoms with Crippen molar-refractivity contribution in [1.82, 2.24) is 15.6 Å². The first kappa shape index (κ1) is 21.0. The fourth-order valence-corrected chi connectivity index (χ4v) is 3.68. The number of aliphatic imine (C=N–C) groups is 1. The molecule has 0 bridgehead atoms. The standard InChI is InChI=1S/C23H34N6/c1-3-28(21-10-5-4-6-11-21)17-9-13-26-23(24-2)27-19-20-12-14-25-22(18-20)29-15-7-8-16-29/h4-6,10-12,14,18H,3,7-9,13,15-17,19H2,1-2H3,(H2,24,26,27). The third-order valence-electron chi connectivity index (χ3n) is 5.32. The molecule has 0 radical (unpaired) electrons. The van der Waals surface area contributed by atoms with Gasteiger partial charge in [-0.1, -0.05) is 18.2 Å². The second kappa shape index (κ2) is 11.3. The summed E-state index contributed by atoms with van der Waals surface area (Å²) in [6, 6.07) is 14.8. The van der Waals surface area contributed by atoms with Gasteiger partial charge in [-0.25, -0.2) is 4.98 Å². The van der Waals surface area contributed by atoms with Crippen molar-refractivity contribution >= 4 is 17.5 Å². The molecule has 6 nitrogen and oxygen atoms in total. The zero-order chi connectivity index (χ0) is 20.3. The molecular formula is C23H34N6. The topological polar surface area (TPSA) is 55.8 Å². The minimum atomic E-state index is 0.744. The van der Waals surface area contributed by atoms with E-state index in [0.29, 0.717) is 0 Å². The molecule has 1 aromatic heterocycles. The number of nitrogens with one attached hydrogen (secondary N) is 2. The Hall–Kier alpha value is -2.76. The van der Waals surface area contributed by atoms with Crippen molar-refractivity contribution < 1.29 is 0 Å². The Balaban J connectivity index is 1.41. The number of benzene rings is 1. The van der Waals surface area contributed by atoms with Crippen LogP contribution < -0.4 is 20.4 Å². The van der Waals surface area contributed by atoms with Crippen molar-refractivity contribution in [2.75, 3.05) is 49.6 Å². The van der Waals surface area contributed by atoms with E-state index in [-0.39, 0.29) is 0 Å². The van der Waals surface area contributed by atoms with Crippen LogP contribution in [0.25, 0.3) is 0 Å². The van der Waals surface area contributed by atoms with Crippen molar-refractivity contribution in [3.63, 3.8) is 0 Å². The molecular weight excluding hydrogens is 360 g/mol. The quantitative estimate of drug-likeness (QED) is 0.388. The lowest BCUT2D eigenvalue weighted by molar-refractivity contribution is 0.708. The van der Waals surface area contributed by atoms with Crippen molar-refractivity contribution in [2.45, 2.75) is 32.7 Å². The number of rotatable bonds is 9. The third kappa shape index (κ3) is 6.38. The molecule has 156 valence electrons. The summed E-state index contributed by atoms with van der Waals surface area (Å²) >= 11 is 0. The molecule has 1 aromatic carbocycles. The summed E-state index contributed by atoms with van der Waals surface area (Å²) in [4.78, 5) is 13.6. The lowest BCUT2D eigenvalue weighted by Gasteiger charge is -2.23. The molecule has 1 aliphatic heterocycles. The fraction of sp³-hybridized carbons (Fsp3) is 0.478. The highest BCUT2D eigenvalue weighted by Crippen LogP contribution is 2.18. The molecule has 1 fully saturated rings. The van der Waals surface area contributed by atoms with Gasteiger partial charge in [0.15, 0.2) is 5.96 Å². The summed E-state index contributed by atoms with van der Waals surface area (Å²) in [5, 5.41) is 6.84. The highest BCUT2D eigenvalue weighted by molar-refractivity contribution is 5.79. The predicted molar refractivity (Wildman–Crippen MR) is 123 cm³/mol. The Morgan fingerprint density at radius 1 is 1.14 bits per heavy atom. The monoisotopic (exact) mass is 394 g/mol. The second-order valence-electron chi connectivity index (χ2n) is 7.34. The van der Waals surface area contributed by atoms with Crippen LogP contribution in [0.4, 0.5) is 11.5 Å². The highest BCUT2D eigenvalue weighted by Gasteiger charge is 2.13. The van der Waals surface area contributed by atoms with Crippen LogP contribution in [0.1, 0.15) is 31.7 Å². The molecule has 0 aliphatic carbocycles. The van der Waals surface area contributed by atoms with Crippen LogP contribution in [0.5, 0.6) is 0 Å². The number of hydrogen-bond acceptors (Lipinski definition) is 4. The van der Waals surface area contributed by atoms with Gasteiger partial charge in [-0.15, -0.1) is 0 Å². The summed E-state index contributed by atoms with van der Waals surface area (Å²) in [7, 11) is 1.82. The third-order valence-corrected chi connectivity index (χ3v) is 5.32. The van der Waals surface area contributed by atoms with E-state index in [2.05, 4.69) is 79.8 Å². The lowest BCUT2D eigenvalue weighted by atomic mass is 10.2. The van der Waals surface area contributed by atoms with Gasteiger partial charge in [0.2, 0.25) is 0 Å². The molecule has 0 atom stereocenters. The van der Waals surface area contributed by atoms with E-state index < -0.39 is 0 Å². The number of nitrogens with zero attached hydrogens (tertiary/aromatic N) is 4. The molecule has 2 heterocycles. The Morgan fingerprint density at radius 3 is 2.66 bits per heavy atom. The Morgan fingerprint density at radius 2 is 1.93 bits per heavy atom. The first-order chi connectivity index (χ1) is 14.3. The largest absolute Gasteiger partial charge is 0.372 e. The first-order valence-corrected chi connectivity index (χ1v) is 10.7. The lowest BCUT2D eigenvalue weighted by Crippen LogP contribution is -2.38. The molecule has 0 saturated carbocycles. The van der Waals surface area contributed by atoms with Gasteiger partial charge in [-0.2, -0.15) is 0 Å². The summed E-state index contributed by atoms with van der Waals surface area (Å²) in [5.74, 6) is 1.93. The maximum atomic E-state index is 4.53. The first-order valence-electron chi connectivity index (χ1n) is 10.7. The average molecular weight is 395 g/mol.